The third-order valence-corrected chi connectivity index (χ3v) is 4.56. The number of benzene rings is 2. The van der Waals surface area contributed by atoms with Crippen LogP contribution < -0.4 is 9.64 Å². The molecule has 0 unspecified atom stereocenters. The van der Waals surface area contributed by atoms with E-state index in [9.17, 15) is 9.59 Å². The number of carbonyl (C=O) groups excluding carboxylic acids is 2. The molecule has 1 heterocycles. The van der Waals surface area contributed by atoms with Crippen molar-refractivity contribution in [2.24, 2.45) is 0 Å². The van der Waals surface area contributed by atoms with Crippen molar-refractivity contribution in [3.05, 3.63) is 59.7 Å². The Balaban J connectivity index is 1.52. The summed E-state index contributed by atoms with van der Waals surface area (Å²) < 4.78 is 10.9. The van der Waals surface area contributed by atoms with Gasteiger partial charge in [0.25, 0.3) is 5.91 Å². The van der Waals surface area contributed by atoms with Crippen molar-refractivity contribution in [3.8, 4) is 5.75 Å². The Morgan fingerprint density at radius 3 is 2.56 bits per heavy atom. The molecule has 1 amide bonds. The lowest BCUT2D eigenvalue weighted by Crippen LogP contribution is -2.36. The minimum atomic E-state index is -0.145. The van der Waals surface area contributed by atoms with E-state index in [4.69, 9.17) is 9.47 Å². The highest BCUT2D eigenvalue weighted by Crippen LogP contribution is 2.18. The van der Waals surface area contributed by atoms with E-state index in [1.54, 1.807) is 36.2 Å². The molecule has 0 aliphatic carbocycles. The molecule has 0 aromatic heterocycles. The molecule has 1 aliphatic rings. The highest BCUT2D eigenvalue weighted by molar-refractivity contribution is 5.80. The van der Waals surface area contributed by atoms with E-state index in [2.05, 4.69) is 17.0 Å². The van der Waals surface area contributed by atoms with Gasteiger partial charge < -0.3 is 19.3 Å². The van der Waals surface area contributed by atoms with Gasteiger partial charge in [0.1, 0.15) is 5.75 Å². The van der Waals surface area contributed by atoms with Gasteiger partial charge in [-0.3, -0.25) is 9.59 Å². The van der Waals surface area contributed by atoms with Gasteiger partial charge >= 0.3 is 0 Å². The third-order valence-electron chi connectivity index (χ3n) is 4.56. The van der Waals surface area contributed by atoms with Gasteiger partial charge in [0, 0.05) is 32.4 Å². The normalized spacial score (nSPS) is 13.9. The Bertz CT molecular complexity index is 770. The Morgan fingerprint density at radius 2 is 1.85 bits per heavy atom. The Kier molecular flexibility index (Phi) is 6.44. The van der Waals surface area contributed by atoms with Crippen LogP contribution in [0.25, 0.3) is 0 Å². The van der Waals surface area contributed by atoms with Gasteiger partial charge in [0.2, 0.25) is 0 Å². The fourth-order valence-corrected chi connectivity index (χ4v) is 2.95. The van der Waals surface area contributed by atoms with Gasteiger partial charge in [-0.25, -0.2) is 0 Å². The fourth-order valence-electron chi connectivity index (χ4n) is 2.95. The van der Waals surface area contributed by atoms with Gasteiger partial charge in [0.05, 0.1) is 18.8 Å². The number of hydrogen-bond acceptors (Lipinski definition) is 5. The topological polar surface area (TPSA) is 59.1 Å². The molecule has 0 spiro atoms. The van der Waals surface area contributed by atoms with Crippen LogP contribution in [0.15, 0.2) is 48.5 Å². The number of likely N-dealkylation sites (N-methyl/N-ethyl adjacent to an activating group) is 1. The molecule has 2 aromatic rings. The van der Waals surface area contributed by atoms with E-state index in [0.29, 0.717) is 17.9 Å². The summed E-state index contributed by atoms with van der Waals surface area (Å²) in [5.74, 6) is 0.275. The summed E-state index contributed by atoms with van der Waals surface area (Å²) >= 11 is 0. The molecule has 0 bridgehead atoms. The quantitative estimate of drug-likeness (QED) is 0.703. The highest BCUT2D eigenvalue weighted by Gasteiger charge is 2.13. The number of hydrogen-bond donors (Lipinski definition) is 0. The molecule has 2 aromatic carbocycles. The predicted octanol–water partition coefficient (Wildman–Crippen LogP) is 2.37. The molecule has 142 valence electrons. The van der Waals surface area contributed by atoms with Crippen molar-refractivity contribution in [3.63, 3.8) is 0 Å². The van der Waals surface area contributed by atoms with Crippen LogP contribution in [0.1, 0.15) is 15.9 Å². The number of morpholine rings is 1. The first kappa shape index (κ1) is 18.9. The maximum absolute atomic E-state index is 12.3. The van der Waals surface area contributed by atoms with Crippen LogP contribution in [0.3, 0.4) is 0 Å². The van der Waals surface area contributed by atoms with Crippen LogP contribution in [0.2, 0.25) is 0 Å². The molecule has 6 nitrogen and oxygen atoms in total. The smallest absolute Gasteiger partial charge is 0.260 e. The van der Waals surface area contributed by atoms with Crippen molar-refractivity contribution in [2.45, 2.75) is 6.54 Å². The van der Waals surface area contributed by atoms with Crippen LogP contribution in [0, 0.1) is 0 Å². The van der Waals surface area contributed by atoms with Crippen molar-refractivity contribution >= 4 is 17.9 Å². The van der Waals surface area contributed by atoms with Crippen molar-refractivity contribution < 1.29 is 19.1 Å². The second-order valence-corrected chi connectivity index (χ2v) is 6.46. The van der Waals surface area contributed by atoms with Gasteiger partial charge in [-0.05, 0) is 29.8 Å². The zero-order valence-corrected chi connectivity index (χ0v) is 15.5. The highest BCUT2D eigenvalue weighted by atomic mass is 16.5. The summed E-state index contributed by atoms with van der Waals surface area (Å²) in [6, 6.07) is 15.1. The first-order valence-electron chi connectivity index (χ1n) is 9.00. The molecule has 0 N–H and O–H groups in total. The van der Waals surface area contributed by atoms with Gasteiger partial charge in [-0.1, -0.05) is 24.3 Å². The zero-order valence-electron chi connectivity index (χ0n) is 15.5. The number of rotatable bonds is 7. The number of para-hydroxylation sites is 1. The lowest BCUT2D eigenvalue weighted by molar-refractivity contribution is -0.132. The summed E-state index contributed by atoms with van der Waals surface area (Å²) in [6.45, 7) is 3.71. The lowest BCUT2D eigenvalue weighted by Gasteiger charge is -2.29. The average Bonchev–Trinajstić information content (AvgIpc) is 2.73. The number of carbonyl (C=O) groups is 2. The second kappa shape index (κ2) is 9.19. The van der Waals surface area contributed by atoms with Gasteiger partial charge in [-0.15, -0.1) is 0 Å². The van der Waals surface area contributed by atoms with Gasteiger partial charge in [-0.2, -0.15) is 0 Å². The maximum Gasteiger partial charge on any atom is 0.260 e. The predicted molar refractivity (Wildman–Crippen MR) is 103 cm³/mol. The first-order chi connectivity index (χ1) is 13.2. The van der Waals surface area contributed by atoms with E-state index in [0.717, 1.165) is 38.2 Å². The summed E-state index contributed by atoms with van der Waals surface area (Å²) in [7, 11) is 1.74. The third kappa shape index (κ3) is 5.08. The lowest BCUT2D eigenvalue weighted by atomic mass is 10.1. The first-order valence-corrected chi connectivity index (χ1v) is 9.00. The molecule has 1 fully saturated rings. The molecule has 0 radical (unpaired) electrons. The molecule has 1 aliphatic heterocycles. The van der Waals surface area contributed by atoms with E-state index >= 15 is 0 Å². The minimum absolute atomic E-state index is 0.104. The van der Waals surface area contributed by atoms with Crippen LogP contribution in [-0.2, 0) is 16.1 Å². The monoisotopic (exact) mass is 368 g/mol. The summed E-state index contributed by atoms with van der Waals surface area (Å²) in [6.07, 6.45) is 0.722. The fraction of sp³-hybridized carbons (Fsp3) is 0.333. The van der Waals surface area contributed by atoms with Crippen LogP contribution in [0.5, 0.6) is 5.75 Å². The standard InChI is InChI=1S/C21H24N2O4/c1-22(21(25)16-27-20-5-3-2-4-18(20)15-24)14-17-6-8-19(9-7-17)23-10-12-26-13-11-23/h2-9,15H,10-14,16H2,1H3. The Hall–Kier alpha value is -2.86. The molecule has 0 saturated carbocycles. The molecule has 1 saturated heterocycles. The van der Waals surface area contributed by atoms with Crippen LogP contribution in [0.4, 0.5) is 5.69 Å². The molecular formula is C21H24N2O4. The van der Waals surface area contributed by atoms with Crippen molar-refractivity contribution in [2.75, 3.05) is 44.9 Å². The maximum atomic E-state index is 12.3. The number of ether oxygens (including phenoxy) is 2. The summed E-state index contributed by atoms with van der Waals surface area (Å²) in [5.41, 5.74) is 2.66. The molecule has 27 heavy (non-hydrogen) atoms. The minimum Gasteiger partial charge on any atom is -0.483 e. The van der Waals surface area contributed by atoms with E-state index < -0.39 is 0 Å². The average molecular weight is 368 g/mol. The SMILES string of the molecule is CN(Cc1ccc(N2CCOCC2)cc1)C(=O)COc1ccccc1C=O. The second-order valence-electron chi connectivity index (χ2n) is 6.46. The number of amides is 1. The van der Waals surface area contributed by atoms with E-state index in [1.165, 1.54) is 5.69 Å². The number of aldehydes is 1. The van der Waals surface area contributed by atoms with Crippen LogP contribution >= 0.6 is 0 Å². The van der Waals surface area contributed by atoms with Crippen molar-refractivity contribution in [1.82, 2.24) is 4.90 Å². The van der Waals surface area contributed by atoms with Crippen LogP contribution in [-0.4, -0.2) is 57.1 Å². The Labute approximate surface area is 159 Å². The number of nitrogens with zero attached hydrogens (tertiary/aromatic N) is 2. The summed E-state index contributed by atoms with van der Waals surface area (Å²) in [5, 5.41) is 0. The Morgan fingerprint density at radius 1 is 1.15 bits per heavy atom. The molecular weight excluding hydrogens is 344 g/mol. The molecule has 6 heteroatoms. The largest absolute Gasteiger partial charge is 0.483 e. The molecule has 0 atom stereocenters. The molecule has 3 rings (SSSR count). The number of anilines is 1. The summed E-state index contributed by atoms with van der Waals surface area (Å²) in [4.78, 5) is 27.2. The van der Waals surface area contributed by atoms with E-state index in [1.807, 2.05) is 12.1 Å². The van der Waals surface area contributed by atoms with E-state index in [-0.39, 0.29) is 12.5 Å². The van der Waals surface area contributed by atoms with Gasteiger partial charge in [0.15, 0.2) is 12.9 Å². The zero-order chi connectivity index (χ0) is 19.1. The van der Waals surface area contributed by atoms with Crippen molar-refractivity contribution in [1.29, 1.82) is 0 Å².